The molecule has 10 radical (unpaired) electrons. The number of hydrogen-bond donors (Lipinski definition) is 0. The van der Waals surface area contributed by atoms with E-state index in [1.54, 1.807) is 0 Å². The van der Waals surface area contributed by atoms with Gasteiger partial charge in [-0.3, -0.25) is 0 Å². The van der Waals surface area contributed by atoms with Crippen LogP contribution in [0, 0.1) is 73.0 Å². The minimum absolute atomic E-state index is 0.0518. The standard InChI is InChI=1S/C20H22.2ClH.Zr/c1-14(2)16-9-11-17(13-16)20(3,4)19-12-10-15-7-5-6-8-18(15)19;;;/h5-14H,1-4H3;2*1H;/q;;;+4/p-2. The van der Waals surface area contributed by atoms with Gasteiger partial charge in [-0.05, 0) is 61.2 Å². The molecule has 0 unspecified atom stereocenters. The predicted octanol–water partition coefficient (Wildman–Crippen LogP) is 6.09. The molecule has 118 valence electrons. The van der Waals surface area contributed by atoms with Crippen molar-refractivity contribution in [3.8, 4) is 0 Å². The molecule has 0 bridgehead atoms. The van der Waals surface area contributed by atoms with Gasteiger partial charge in [-0.2, -0.15) is 0 Å². The molecule has 0 saturated heterocycles. The third-order valence-electron chi connectivity index (χ3n) is 4.52. The van der Waals surface area contributed by atoms with Gasteiger partial charge in [0.05, 0.1) is 0 Å². The fourth-order valence-corrected chi connectivity index (χ4v) is 3.06. The average molecular weight is 425 g/mol. The number of allylic oxidation sites excluding steroid dienone is 4. The van der Waals surface area contributed by atoms with Gasteiger partial charge in [-0.25, -0.2) is 0 Å². The molecular weight excluding hydrogens is 402 g/mol. The first-order chi connectivity index (χ1) is 10.9. The zero-order chi connectivity index (χ0) is 17.0. The topological polar surface area (TPSA) is 0 Å². The zero-order valence-corrected chi connectivity index (χ0v) is 18.0. The Morgan fingerprint density at radius 2 is 1.61 bits per heavy atom. The molecule has 3 aliphatic rings. The van der Waals surface area contributed by atoms with Crippen molar-refractivity contribution in [2.45, 2.75) is 27.7 Å². The summed E-state index contributed by atoms with van der Waals surface area (Å²) in [6.45, 7) is 9.16. The third kappa shape index (κ3) is 4.77. The van der Waals surface area contributed by atoms with Gasteiger partial charge in [-0.15, -0.1) is 0 Å². The Balaban J connectivity index is 0.000000595. The molecule has 2 saturated carbocycles. The summed E-state index contributed by atoms with van der Waals surface area (Å²) in [4.78, 5) is 0. The van der Waals surface area contributed by atoms with E-state index in [1.165, 1.54) is 29.6 Å². The van der Waals surface area contributed by atoms with Crippen molar-refractivity contribution in [1.29, 1.82) is 0 Å². The maximum atomic E-state index is 4.93. The quantitative estimate of drug-likeness (QED) is 0.514. The van der Waals surface area contributed by atoms with E-state index >= 15 is 0 Å². The van der Waals surface area contributed by atoms with Gasteiger partial charge in [0.25, 0.3) is 0 Å². The summed E-state index contributed by atoms with van der Waals surface area (Å²) >= 11 is -0.826. The van der Waals surface area contributed by atoms with Crippen molar-refractivity contribution in [2.24, 2.45) is 11.3 Å². The molecule has 0 aromatic carbocycles. The van der Waals surface area contributed by atoms with Crippen LogP contribution in [0.4, 0.5) is 0 Å². The molecule has 0 amide bonds. The molecule has 3 aliphatic carbocycles. The van der Waals surface area contributed by atoms with Crippen molar-refractivity contribution < 1.29 is 20.8 Å². The second-order valence-electron chi connectivity index (χ2n) is 6.62. The first-order valence-corrected chi connectivity index (χ1v) is 14.1. The van der Waals surface area contributed by atoms with Crippen LogP contribution >= 0.6 is 17.0 Å². The molecule has 0 aliphatic heterocycles. The van der Waals surface area contributed by atoms with Crippen molar-refractivity contribution in [3.63, 3.8) is 0 Å². The molecule has 0 nitrogen and oxygen atoms in total. The molecular formula is C20H22Cl2Zr+2. The van der Waals surface area contributed by atoms with Crippen LogP contribution in [0.2, 0.25) is 0 Å². The van der Waals surface area contributed by atoms with Gasteiger partial charge in [0.15, 0.2) is 0 Å². The molecule has 3 heteroatoms. The number of halogens is 2. The SMILES string of the molecule is CC(C)[C]1[CH][CH][C](C(C)(C)[C]2[CH][CH][C]3C=CC=C[C]32)[CH]1.[Cl][Zr+2][Cl]. The minimum atomic E-state index is -0.826. The molecule has 2 fully saturated rings. The van der Waals surface area contributed by atoms with Crippen LogP contribution in [0.15, 0.2) is 24.3 Å². The predicted molar refractivity (Wildman–Crippen MR) is 96.3 cm³/mol. The van der Waals surface area contributed by atoms with Crippen LogP contribution in [-0.4, -0.2) is 0 Å². The Labute approximate surface area is 162 Å². The van der Waals surface area contributed by atoms with E-state index < -0.39 is 20.8 Å². The van der Waals surface area contributed by atoms with Crippen LogP contribution < -0.4 is 0 Å². The van der Waals surface area contributed by atoms with E-state index in [0.717, 1.165) is 0 Å². The van der Waals surface area contributed by atoms with Gasteiger partial charge < -0.3 is 0 Å². The number of hydrogen-bond acceptors (Lipinski definition) is 0. The van der Waals surface area contributed by atoms with Crippen LogP contribution in [0.25, 0.3) is 0 Å². The summed E-state index contributed by atoms with van der Waals surface area (Å²) in [5, 5.41) is 0. The molecule has 0 spiro atoms. The Kier molecular flexibility index (Phi) is 7.97. The van der Waals surface area contributed by atoms with E-state index in [-0.39, 0.29) is 5.41 Å². The number of rotatable bonds is 3. The summed E-state index contributed by atoms with van der Waals surface area (Å²) < 4.78 is 0. The summed E-state index contributed by atoms with van der Waals surface area (Å²) in [7, 11) is 9.87. The third-order valence-corrected chi connectivity index (χ3v) is 4.52. The molecule has 0 N–H and O–H groups in total. The maximum absolute atomic E-state index is 4.93. The normalized spacial score (nSPS) is 24.0. The second-order valence-corrected chi connectivity index (χ2v) is 10.4. The molecule has 0 heterocycles. The van der Waals surface area contributed by atoms with E-state index in [4.69, 9.17) is 17.0 Å². The monoisotopic (exact) mass is 422 g/mol. The Morgan fingerprint density at radius 1 is 0.957 bits per heavy atom. The molecule has 0 atom stereocenters. The van der Waals surface area contributed by atoms with E-state index in [0.29, 0.717) is 5.92 Å². The van der Waals surface area contributed by atoms with Crippen molar-refractivity contribution in [1.82, 2.24) is 0 Å². The van der Waals surface area contributed by atoms with Gasteiger partial charge in [-0.1, -0.05) is 52.0 Å². The first kappa shape index (κ1) is 20.3. The number of fused-ring (bicyclic) bond motifs is 1. The fraction of sp³-hybridized carbons (Fsp3) is 0.300. The summed E-state index contributed by atoms with van der Waals surface area (Å²) in [6, 6.07) is 0. The summed E-state index contributed by atoms with van der Waals surface area (Å²) in [5.74, 6) is 7.59. The Morgan fingerprint density at radius 3 is 2.22 bits per heavy atom. The second kappa shape index (κ2) is 9.05. The molecule has 23 heavy (non-hydrogen) atoms. The van der Waals surface area contributed by atoms with Crippen LogP contribution in [-0.2, 0) is 20.8 Å². The summed E-state index contributed by atoms with van der Waals surface area (Å²) in [6.07, 6.45) is 20.1. The molecule has 3 rings (SSSR count). The fourth-order valence-electron chi connectivity index (χ4n) is 3.06. The van der Waals surface area contributed by atoms with Crippen molar-refractivity contribution in [2.75, 3.05) is 0 Å². The summed E-state index contributed by atoms with van der Waals surface area (Å²) in [5.41, 5.74) is 0.0518. The zero-order valence-electron chi connectivity index (χ0n) is 14.0. The Bertz CT molecular complexity index is 427. The van der Waals surface area contributed by atoms with E-state index in [1.807, 2.05) is 0 Å². The average Bonchev–Trinajstić information content (AvgIpc) is 3.16. The van der Waals surface area contributed by atoms with E-state index in [2.05, 4.69) is 84.1 Å². The van der Waals surface area contributed by atoms with Gasteiger partial charge in [0.2, 0.25) is 0 Å². The van der Waals surface area contributed by atoms with Crippen LogP contribution in [0.1, 0.15) is 27.7 Å². The van der Waals surface area contributed by atoms with Crippen molar-refractivity contribution in [3.05, 3.63) is 86.0 Å². The van der Waals surface area contributed by atoms with Gasteiger partial charge in [0.1, 0.15) is 0 Å². The molecule has 0 aromatic heterocycles. The Hall–Kier alpha value is 0.943. The van der Waals surface area contributed by atoms with Gasteiger partial charge >= 0.3 is 37.9 Å². The van der Waals surface area contributed by atoms with Crippen molar-refractivity contribution >= 4 is 17.0 Å². The van der Waals surface area contributed by atoms with E-state index in [9.17, 15) is 0 Å². The van der Waals surface area contributed by atoms with Gasteiger partial charge in [0, 0.05) is 11.8 Å². The van der Waals surface area contributed by atoms with Crippen LogP contribution in [0.5, 0.6) is 0 Å². The first-order valence-electron chi connectivity index (χ1n) is 7.80. The van der Waals surface area contributed by atoms with Crippen LogP contribution in [0.3, 0.4) is 0 Å². The molecule has 0 aromatic rings.